The zero-order valence-corrected chi connectivity index (χ0v) is 26.4. The van der Waals surface area contributed by atoms with Crippen LogP contribution >= 0.6 is 0 Å². The van der Waals surface area contributed by atoms with Crippen LogP contribution in [0.25, 0.3) is 0 Å². The van der Waals surface area contributed by atoms with Crippen LogP contribution in [0.3, 0.4) is 0 Å². The monoisotopic (exact) mass is 680 g/mol. The second-order valence-corrected chi connectivity index (χ2v) is 11.8. The normalized spacial score (nSPS) is 33.3. The van der Waals surface area contributed by atoms with Gasteiger partial charge in [0.15, 0.2) is 35.8 Å². The Bertz CT molecular complexity index is 1470. The maximum atomic E-state index is 13.0. The highest BCUT2D eigenvalue weighted by Crippen LogP contribution is 2.43. The van der Waals surface area contributed by atoms with E-state index in [0.29, 0.717) is 12.0 Å². The topological polar surface area (TPSA) is 240 Å². The Hall–Kier alpha value is -3.74. The molecule has 16 heteroatoms. The van der Waals surface area contributed by atoms with Gasteiger partial charge >= 0.3 is 5.97 Å². The van der Waals surface area contributed by atoms with Gasteiger partial charge in [0.2, 0.25) is 6.29 Å². The van der Waals surface area contributed by atoms with Crippen molar-refractivity contribution in [1.29, 1.82) is 0 Å². The van der Waals surface area contributed by atoms with Gasteiger partial charge in [-0.25, -0.2) is 0 Å². The summed E-state index contributed by atoms with van der Waals surface area (Å²) in [5.41, 5.74) is 0.350. The quantitative estimate of drug-likeness (QED) is 0.166. The van der Waals surface area contributed by atoms with Gasteiger partial charge in [-0.15, -0.1) is 0 Å². The molecule has 2 fully saturated rings. The molecule has 3 aliphatic rings. The summed E-state index contributed by atoms with van der Waals surface area (Å²) in [6.45, 7) is 2.68. The van der Waals surface area contributed by atoms with Crippen LogP contribution in [0.5, 0.6) is 28.7 Å². The molecule has 3 aliphatic heterocycles. The number of ketones is 1. The molecule has 7 N–H and O–H groups in total. The molecule has 48 heavy (non-hydrogen) atoms. The van der Waals surface area contributed by atoms with Crippen molar-refractivity contribution in [2.75, 3.05) is 13.7 Å². The lowest BCUT2D eigenvalue weighted by atomic mass is 9.95. The van der Waals surface area contributed by atoms with Crippen molar-refractivity contribution in [3.8, 4) is 28.7 Å². The molecule has 0 spiro atoms. The SMILES string of the molecule is CCCC(=O)O[C@@H]1[C@@H](O)[C@H](Oc2cc(O)c3c(c2)O[C@H](c2ccc(OC)c(O)c2)CC3=O)O[C@H](CO[C@@H]2O[C@@H](C)[C@H](O)[C@@H](O)[C@H]2O)[C@H]1O. The molecule has 0 amide bonds. The number of aliphatic hydroxyl groups excluding tert-OH is 5. The predicted octanol–water partition coefficient (Wildman–Crippen LogP) is 0.194. The molecule has 2 aromatic rings. The highest BCUT2D eigenvalue weighted by atomic mass is 16.7. The largest absolute Gasteiger partial charge is 0.507 e. The number of carbonyl (C=O) groups excluding carboxylic acids is 2. The number of ether oxygens (including phenoxy) is 7. The number of hydrogen-bond acceptors (Lipinski definition) is 16. The van der Waals surface area contributed by atoms with Crippen molar-refractivity contribution >= 4 is 11.8 Å². The van der Waals surface area contributed by atoms with E-state index in [9.17, 15) is 45.3 Å². The summed E-state index contributed by atoms with van der Waals surface area (Å²) in [5.74, 6) is -1.78. The van der Waals surface area contributed by atoms with Gasteiger partial charge < -0.3 is 68.9 Å². The number of carbonyl (C=O) groups is 2. The minimum Gasteiger partial charge on any atom is -0.507 e. The van der Waals surface area contributed by atoms with Crippen LogP contribution in [0.4, 0.5) is 0 Å². The van der Waals surface area contributed by atoms with E-state index in [1.165, 1.54) is 32.2 Å². The Morgan fingerprint density at radius 1 is 0.917 bits per heavy atom. The number of benzene rings is 2. The number of phenolic OH excluding ortho intramolecular Hbond substituents is 2. The summed E-state index contributed by atoms with van der Waals surface area (Å²) in [7, 11) is 1.39. The molecule has 16 nitrogen and oxygen atoms in total. The third kappa shape index (κ3) is 7.30. The maximum absolute atomic E-state index is 13.0. The number of phenols is 2. The molecule has 0 bridgehead atoms. The summed E-state index contributed by atoms with van der Waals surface area (Å²) in [4.78, 5) is 25.4. The summed E-state index contributed by atoms with van der Waals surface area (Å²) < 4.78 is 39.1. The molecule has 2 aromatic carbocycles. The molecule has 0 radical (unpaired) electrons. The fourth-order valence-electron chi connectivity index (χ4n) is 5.74. The first-order valence-corrected chi connectivity index (χ1v) is 15.5. The Kier molecular flexibility index (Phi) is 11.0. The van der Waals surface area contributed by atoms with E-state index in [-0.39, 0.29) is 41.4 Å². The molecule has 0 saturated carbocycles. The fraction of sp³-hybridized carbons (Fsp3) is 0.562. The minimum atomic E-state index is -1.76. The summed E-state index contributed by atoms with van der Waals surface area (Å²) >= 11 is 0. The van der Waals surface area contributed by atoms with Crippen molar-refractivity contribution in [3.63, 3.8) is 0 Å². The van der Waals surface area contributed by atoms with Crippen LogP contribution in [0.1, 0.15) is 55.1 Å². The number of methoxy groups -OCH3 is 1. The molecular formula is C32H40O16. The third-order valence-electron chi connectivity index (χ3n) is 8.40. The van der Waals surface area contributed by atoms with E-state index >= 15 is 0 Å². The van der Waals surface area contributed by atoms with E-state index in [4.69, 9.17) is 33.2 Å². The smallest absolute Gasteiger partial charge is 0.306 e. The van der Waals surface area contributed by atoms with Gasteiger partial charge in [-0.2, -0.15) is 0 Å². The average Bonchev–Trinajstić information content (AvgIpc) is 3.04. The number of rotatable bonds is 10. The van der Waals surface area contributed by atoms with Crippen molar-refractivity contribution in [3.05, 3.63) is 41.5 Å². The Morgan fingerprint density at radius 2 is 1.67 bits per heavy atom. The van der Waals surface area contributed by atoms with Crippen molar-refractivity contribution in [2.45, 2.75) is 101 Å². The minimum absolute atomic E-state index is 0.0130. The lowest BCUT2D eigenvalue weighted by Crippen LogP contribution is -2.62. The molecular weight excluding hydrogens is 640 g/mol. The van der Waals surface area contributed by atoms with E-state index in [2.05, 4.69) is 0 Å². The van der Waals surface area contributed by atoms with E-state index in [1.807, 2.05) is 0 Å². The van der Waals surface area contributed by atoms with Crippen LogP contribution in [-0.4, -0.2) is 123 Å². The third-order valence-corrected chi connectivity index (χ3v) is 8.40. The van der Waals surface area contributed by atoms with Crippen molar-refractivity contribution in [1.82, 2.24) is 0 Å². The van der Waals surface area contributed by atoms with Crippen LogP contribution in [-0.2, 0) is 23.7 Å². The molecule has 0 aliphatic carbocycles. The van der Waals surface area contributed by atoms with Gasteiger partial charge in [-0.3, -0.25) is 9.59 Å². The van der Waals surface area contributed by atoms with Crippen LogP contribution < -0.4 is 14.2 Å². The summed E-state index contributed by atoms with van der Waals surface area (Å²) in [6.07, 6.45) is -15.5. The zero-order chi connectivity index (χ0) is 34.9. The number of fused-ring (bicyclic) bond motifs is 1. The highest BCUT2D eigenvalue weighted by molar-refractivity contribution is 6.02. The Balaban J connectivity index is 1.37. The number of Topliss-reactive ketones (excluding diaryl/α,β-unsaturated/α-hetero) is 1. The number of hydrogen-bond donors (Lipinski definition) is 7. The predicted molar refractivity (Wildman–Crippen MR) is 159 cm³/mol. The molecule has 2 saturated heterocycles. The van der Waals surface area contributed by atoms with E-state index in [0.717, 1.165) is 6.07 Å². The fourth-order valence-corrected chi connectivity index (χ4v) is 5.74. The molecule has 5 rings (SSSR count). The maximum Gasteiger partial charge on any atom is 0.306 e. The average molecular weight is 681 g/mol. The van der Waals surface area contributed by atoms with Gasteiger partial charge in [0.25, 0.3) is 0 Å². The van der Waals surface area contributed by atoms with Crippen molar-refractivity contribution in [2.24, 2.45) is 0 Å². The van der Waals surface area contributed by atoms with Gasteiger partial charge in [-0.05, 0) is 31.0 Å². The zero-order valence-electron chi connectivity index (χ0n) is 26.4. The van der Waals surface area contributed by atoms with Gasteiger partial charge in [0.1, 0.15) is 59.4 Å². The lowest BCUT2D eigenvalue weighted by molar-refractivity contribution is -0.319. The molecule has 11 atom stereocenters. The molecule has 0 unspecified atom stereocenters. The summed E-state index contributed by atoms with van der Waals surface area (Å²) in [5, 5.41) is 73.6. The second-order valence-electron chi connectivity index (χ2n) is 11.8. The van der Waals surface area contributed by atoms with Gasteiger partial charge in [0.05, 0.1) is 26.2 Å². The highest BCUT2D eigenvalue weighted by Gasteiger charge is 2.49. The first-order chi connectivity index (χ1) is 22.8. The van der Waals surface area contributed by atoms with E-state index < -0.39 is 91.6 Å². The second kappa shape index (κ2) is 14.8. The first kappa shape index (κ1) is 35.6. The van der Waals surface area contributed by atoms with Crippen LogP contribution in [0.15, 0.2) is 30.3 Å². The van der Waals surface area contributed by atoms with Crippen molar-refractivity contribution < 1.29 is 78.5 Å². The molecule has 0 aromatic heterocycles. The number of esters is 1. The Morgan fingerprint density at radius 3 is 2.35 bits per heavy atom. The van der Waals surface area contributed by atoms with Crippen LogP contribution in [0, 0.1) is 0 Å². The molecule has 3 heterocycles. The van der Waals surface area contributed by atoms with Gasteiger partial charge in [0, 0.05) is 18.6 Å². The first-order valence-electron chi connectivity index (χ1n) is 15.5. The van der Waals surface area contributed by atoms with Crippen LogP contribution in [0.2, 0.25) is 0 Å². The lowest BCUT2D eigenvalue weighted by Gasteiger charge is -2.43. The standard InChI is InChI=1S/C32H40O16/c1-4-5-23(36)48-30-26(38)22(12-43-31-28(40)27(39)25(37)13(2)44-31)47-32(29(30)41)45-15-9-17(34)24-18(35)11-20(46-21(24)10-15)14-6-7-19(42-3)16(33)8-14/h6-10,13,20,22,25-34,37-41H,4-5,11-12H2,1-3H3/t13-,20-,22+,25-,26+,27+,28+,29+,30-,31+,32+/m0/s1. The van der Waals surface area contributed by atoms with E-state index in [1.54, 1.807) is 13.0 Å². The number of aliphatic hydroxyl groups is 5. The number of aromatic hydroxyl groups is 2. The van der Waals surface area contributed by atoms with Gasteiger partial charge in [-0.1, -0.05) is 13.0 Å². The molecule has 264 valence electrons. The Labute approximate surface area is 274 Å². The summed E-state index contributed by atoms with van der Waals surface area (Å²) in [6, 6.07) is 6.90.